The quantitative estimate of drug-likeness (QED) is 0.266. The van der Waals surface area contributed by atoms with Gasteiger partial charge in [0.1, 0.15) is 0 Å². The number of benzene rings is 2. The minimum Gasteiger partial charge on any atom is -0.369 e. The second-order valence-electron chi connectivity index (χ2n) is 8.13. The molecule has 0 spiro atoms. The molecule has 1 aliphatic rings. The van der Waals surface area contributed by atoms with Crippen LogP contribution in [-0.2, 0) is 20.0 Å². The molecule has 5 rings (SSSR count). The average molecular weight is 658 g/mol. The topological polar surface area (TPSA) is 133 Å². The van der Waals surface area contributed by atoms with Gasteiger partial charge in [-0.3, -0.25) is 9.44 Å². The molecular weight excluding hydrogens is 632 g/mol. The molecule has 0 aliphatic carbocycles. The highest BCUT2D eigenvalue weighted by atomic mass is 79.9. The van der Waals surface area contributed by atoms with E-state index in [1.807, 2.05) is 12.1 Å². The number of aromatic nitrogens is 2. The molecule has 3 heterocycles. The number of thiazole rings is 2. The lowest BCUT2D eigenvalue weighted by atomic mass is 10.2. The molecule has 1 aliphatic heterocycles. The monoisotopic (exact) mass is 656 g/mol. The number of nitrogens with one attached hydrogen (secondary N) is 3. The Balaban J connectivity index is 0.000000186. The molecule has 1 fully saturated rings. The summed E-state index contributed by atoms with van der Waals surface area (Å²) in [5.41, 5.74) is 1.04. The highest BCUT2D eigenvalue weighted by Crippen LogP contribution is 2.22. The van der Waals surface area contributed by atoms with Gasteiger partial charge in [-0.25, -0.2) is 26.8 Å². The third kappa shape index (κ3) is 7.74. The van der Waals surface area contributed by atoms with Gasteiger partial charge in [0.05, 0.1) is 9.79 Å². The summed E-state index contributed by atoms with van der Waals surface area (Å²) < 4.78 is 54.0. The molecule has 4 aromatic rings. The summed E-state index contributed by atoms with van der Waals surface area (Å²) in [7, 11) is -7.10. The van der Waals surface area contributed by atoms with Crippen molar-refractivity contribution in [2.75, 3.05) is 34.0 Å². The molecule has 10 nitrogen and oxygen atoms in total. The zero-order chi connectivity index (χ0) is 27.2. The van der Waals surface area contributed by atoms with Crippen LogP contribution in [0, 0.1) is 0 Å². The molecular formula is C23H25BrN6O4S4. The number of anilines is 3. The molecule has 3 N–H and O–H groups in total. The summed E-state index contributed by atoms with van der Waals surface area (Å²) in [5.74, 6) is 0. The Labute approximate surface area is 238 Å². The number of halogens is 1. The van der Waals surface area contributed by atoms with Crippen molar-refractivity contribution in [1.82, 2.24) is 15.3 Å². The van der Waals surface area contributed by atoms with Crippen molar-refractivity contribution in [3.05, 3.63) is 76.2 Å². The highest BCUT2D eigenvalue weighted by Gasteiger charge is 2.19. The van der Waals surface area contributed by atoms with Gasteiger partial charge in [-0.1, -0.05) is 15.9 Å². The number of hydrogen-bond acceptors (Lipinski definition) is 10. The summed E-state index contributed by atoms with van der Waals surface area (Å²) >= 11 is 5.74. The van der Waals surface area contributed by atoms with Crippen LogP contribution in [0.25, 0.3) is 0 Å². The van der Waals surface area contributed by atoms with Crippen molar-refractivity contribution in [2.24, 2.45) is 0 Å². The highest BCUT2D eigenvalue weighted by molar-refractivity contribution is 9.10. The molecule has 0 radical (unpaired) electrons. The molecule has 1 unspecified atom stereocenters. The second-order valence-corrected chi connectivity index (χ2v) is 14.2. The zero-order valence-electron chi connectivity index (χ0n) is 20.1. The van der Waals surface area contributed by atoms with E-state index in [0.29, 0.717) is 16.3 Å². The Hall–Kier alpha value is -2.56. The van der Waals surface area contributed by atoms with Crippen LogP contribution in [0.15, 0.2) is 85.9 Å². The van der Waals surface area contributed by atoms with Gasteiger partial charge in [0.2, 0.25) is 0 Å². The minimum atomic E-state index is -3.57. The maximum atomic E-state index is 12.3. The third-order valence-corrected chi connectivity index (χ3v) is 10.2. The number of hydrogen-bond donors (Lipinski definition) is 3. The van der Waals surface area contributed by atoms with Crippen LogP contribution in [-0.4, -0.2) is 52.5 Å². The molecule has 0 bridgehead atoms. The first-order valence-electron chi connectivity index (χ1n) is 11.3. The Morgan fingerprint density at radius 3 is 1.82 bits per heavy atom. The van der Waals surface area contributed by atoms with Crippen LogP contribution in [0.5, 0.6) is 0 Å². The maximum Gasteiger partial charge on any atom is 0.263 e. The second kappa shape index (κ2) is 12.5. The lowest BCUT2D eigenvalue weighted by Gasteiger charge is -2.33. The van der Waals surface area contributed by atoms with Crippen LogP contribution in [0.1, 0.15) is 6.92 Å². The zero-order valence-corrected chi connectivity index (χ0v) is 25.0. The molecule has 38 heavy (non-hydrogen) atoms. The van der Waals surface area contributed by atoms with Gasteiger partial charge in [0.15, 0.2) is 10.3 Å². The van der Waals surface area contributed by atoms with E-state index < -0.39 is 20.0 Å². The summed E-state index contributed by atoms with van der Waals surface area (Å²) in [6.45, 7) is 4.92. The lowest BCUT2D eigenvalue weighted by molar-refractivity contribution is 0.485. The van der Waals surface area contributed by atoms with E-state index in [2.05, 4.69) is 52.5 Å². The third-order valence-electron chi connectivity index (χ3n) is 5.31. The smallest absolute Gasteiger partial charge is 0.263 e. The van der Waals surface area contributed by atoms with E-state index in [9.17, 15) is 16.8 Å². The first-order chi connectivity index (χ1) is 18.1. The van der Waals surface area contributed by atoms with Crippen molar-refractivity contribution in [3.8, 4) is 0 Å². The van der Waals surface area contributed by atoms with Crippen molar-refractivity contribution < 1.29 is 16.8 Å². The van der Waals surface area contributed by atoms with E-state index >= 15 is 0 Å². The molecule has 0 amide bonds. The molecule has 2 aromatic heterocycles. The molecule has 15 heteroatoms. The fourth-order valence-electron chi connectivity index (χ4n) is 3.51. The maximum absolute atomic E-state index is 12.3. The predicted molar refractivity (Wildman–Crippen MR) is 156 cm³/mol. The van der Waals surface area contributed by atoms with E-state index in [0.717, 1.165) is 29.8 Å². The number of sulfonamides is 2. The molecule has 2 aromatic carbocycles. The average Bonchev–Trinajstić information content (AvgIpc) is 3.59. The van der Waals surface area contributed by atoms with Crippen molar-refractivity contribution in [1.29, 1.82) is 0 Å². The molecule has 0 saturated carbocycles. The molecule has 1 saturated heterocycles. The summed E-state index contributed by atoms with van der Waals surface area (Å²) in [6.07, 6.45) is 3.11. The van der Waals surface area contributed by atoms with Gasteiger partial charge in [-0.05, 0) is 55.5 Å². The van der Waals surface area contributed by atoms with E-state index in [4.69, 9.17) is 0 Å². The fourth-order valence-corrected chi connectivity index (χ4v) is 7.35. The van der Waals surface area contributed by atoms with Crippen molar-refractivity contribution >= 4 is 74.6 Å². The van der Waals surface area contributed by atoms with E-state index in [-0.39, 0.29) is 9.79 Å². The Morgan fingerprint density at radius 2 is 1.37 bits per heavy atom. The van der Waals surface area contributed by atoms with Crippen LogP contribution >= 0.6 is 38.6 Å². The summed E-state index contributed by atoms with van der Waals surface area (Å²) in [5, 5.41) is 7.56. The Kier molecular flexibility index (Phi) is 9.38. The molecule has 1 atom stereocenters. The predicted octanol–water partition coefficient (Wildman–Crippen LogP) is 4.45. The van der Waals surface area contributed by atoms with Crippen molar-refractivity contribution in [2.45, 2.75) is 22.8 Å². The van der Waals surface area contributed by atoms with Crippen LogP contribution < -0.4 is 19.7 Å². The number of nitrogens with zero attached hydrogens (tertiary/aromatic N) is 3. The minimum absolute atomic E-state index is 0.214. The summed E-state index contributed by atoms with van der Waals surface area (Å²) in [6, 6.07) is 13.8. The van der Waals surface area contributed by atoms with E-state index in [1.165, 1.54) is 34.8 Å². The van der Waals surface area contributed by atoms with Crippen molar-refractivity contribution in [3.63, 3.8) is 0 Å². The largest absolute Gasteiger partial charge is 0.369 e. The van der Waals surface area contributed by atoms with Gasteiger partial charge in [0, 0.05) is 59.0 Å². The van der Waals surface area contributed by atoms with Gasteiger partial charge in [0.25, 0.3) is 20.0 Å². The Bertz CT molecular complexity index is 1510. The number of rotatable bonds is 7. The van der Waals surface area contributed by atoms with Crippen LogP contribution in [0.4, 0.5) is 16.0 Å². The standard InChI is InChI=1S/C14H18N4O2S2.C9H7BrN2O2S2/c1-11-10-18(8-6-15-11)12-2-4-13(5-3-12)22(19,20)17-14-16-7-9-21-14;10-7-1-3-8(4-2-7)16(13,14)12-9-11-5-6-15-9/h2-5,7,9,11,15H,6,8,10H2,1H3,(H,16,17);1-6H,(H,11,12). The van der Waals surface area contributed by atoms with Crippen LogP contribution in [0.2, 0.25) is 0 Å². The first-order valence-corrected chi connectivity index (χ1v) is 16.8. The summed E-state index contributed by atoms with van der Waals surface area (Å²) in [4.78, 5) is 10.5. The first kappa shape index (κ1) is 28.4. The van der Waals surface area contributed by atoms with Gasteiger partial charge >= 0.3 is 0 Å². The SMILES string of the molecule is CC1CN(c2ccc(S(=O)(=O)Nc3nccs3)cc2)CCN1.O=S(=O)(Nc1nccs1)c1ccc(Br)cc1. The fraction of sp³-hybridized carbons (Fsp3) is 0.217. The molecule has 202 valence electrons. The van der Waals surface area contributed by atoms with Gasteiger partial charge in [-0.2, -0.15) is 0 Å². The lowest BCUT2D eigenvalue weighted by Crippen LogP contribution is -2.49. The van der Waals surface area contributed by atoms with Crippen LogP contribution in [0.3, 0.4) is 0 Å². The van der Waals surface area contributed by atoms with E-state index in [1.54, 1.807) is 47.4 Å². The van der Waals surface area contributed by atoms with Gasteiger partial charge in [-0.15, -0.1) is 22.7 Å². The van der Waals surface area contributed by atoms with Gasteiger partial charge < -0.3 is 10.2 Å². The Morgan fingerprint density at radius 1 is 0.868 bits per heavy atom. The normalized spacial score (nSPS) is 15.8. The number of piperazine rings is 1.